The maximum atomic E-state index is 13.7. The molecule has 0 N–H and O–H groups in total. The Balaban J connectivity index is 1.76. The van der Waals surface area contributed by atoms with Crippen LogP contribution in [0.15, 0.2) is 30.3 Å². The third kappa shape index (κ3) is 4.34. The molecule has 5 nitrogen and oxygen atoms in total. The molecule has 0 unspecified atom stereocenters. The van der Waals surface area contributed by atoms with Crippen LogP contribution < -0.4 is 0 Å². The number of piperidine rings is 1. The fraction of sp³-hybridized carbons (Fsp3) is 0.636. The molecule has 1 aromatic carbocycles. The summed E-state index contributed by atoms with van der Waals surface area (Å²) in [4.78, 5) is 31.8. The van der Waals surface area contributed by atoms with Crippen molar-refractivity contribution in [1.82, 2.24) is 14.7 Å². The smallest absolute Gasteiger partial charge is 0.233 e. The van der Waals surface area contributed by atoms with Gasteiger partial charge in [0.1, 0.15) is 0 Å². The fourth-order valence-electron chi connectivity index (χ4n) is 4.54. The minimum absolute atomic E-state index is 0.103. The van der Waals surface area contributed by atoms with Crippen LogP contribution in [-0.4, -0.2) is 72.3 Å². The number of likely N-dealkylation sites (tertiary alicyclic amines) is 1. The van der Waals surface area contributed by atoms with E-state index in [1.165, 1.54) is 0 Å². The first-order valence-corrected chi connectivity index (χ1v) is 10.2. The molecule has 0 atom stereocenters. The van der Waals surface area contributed by atoms with Gasteiger partial charge in [0.2, 0.25) is 11.8 Å². The van der Waals surface area contributed by atoms with Gasteiger partial charge < -0.3 is 9.80 Å². The predicted molar refractivity (Wildman–Crippen MR) is 107 cm³/mol. The van der Waals surface area contributed by atoms with E-state index in [1.54, 1.807) is 6.92 Å². The van der Waals surface area contributed by atoms with E-state index in [1.807, 2.05) is 23.1 Å². The Kier molecular flexibility index (Phi) is 6.20. The number of hydrogen-bond donors (Lipinski definition) is 0. The van der Waals surface area contributed by atoms with Gasteiger partial charge >= 0.3 is 0 Å². The number of rotatable bonds is 4. The number of carbonyl (C=O) groups is 2. The number of benzene rings is 1. The summed E-state index contributed by atoms with van der Waals surface area (Å²) in [5.74, 6) is 1.01. The molecule has 5 heteroatoms. The summed E-state index contributed by atoms with van der Waals surface area (Å²) in [5, 5.41) is 0. The molecule has 2 amide bonds. The first kappa shape index (κ1) is 19.9. The number of amides is 2. The van der Waals surface area contributed by atoms with Crippen LogP contribution in [-0.2, 0) is 15.0 Å². The monoisotopic (exact) mass is 371 g/mol. The Labute approximate surface area is 163 Å². The molecule has 2 heterocycles. The van der Waals surface area contributed by atoms with E-state index in [-0.39, 0.29) is 11.8 Å². The second kappa shape index (κ2) is 8.42. The van der Waals surface area contributed by atoms with Crippen LogP contribution in [0.1, 0.15) is 39.2 Å². The Morgan fingerprint density at radius 1 is 0.926 bits per heavy atom. The summed E-state index contributed by atoms with van der Waals surface area (Å²) < 4.78 is 0. The highest BCUT2D eigenvalue weighted by molar-refractivity contribution is 5.89. The van der Waals surface area contributed by atoms with Gasteiger partial charge in [0.25, 0.3) is 0 Å². The molecule has 2 saturated heterocycles. The molecule has 0 radical (unpaired) electrons. The molecule has 2 aliphatic rings. The Bertz CT molecular complexity index is 643. The van der Waals surface area contributed by atoms with Gasteiger partial charge in [-0.15, -0.1) is 0 Å². The van der Waals surface area contributed by atoms with Crippen LogP contribution in [0.25, 0.3) is 0 Å². The number of carbonyl (C=O) groups excluding carboxylic acids is 2. The minimum atomic E-state index is -0.493. The molecular formula is C22H33N3O2. The molecule has 0 aromatic heterocycles. The second-order valence-corrected chi connectivity index (χ2v) is 8.44. The highest BCUT2D eigenvalue weighted by Crippen LogP contribution is 2.37. The van der Waals surface area contributed by atoms with Gasteiger partial charge in [-0.3, -0.25) is 14.5 Å². The normalized spacial score (nSPS) is 20.7. The van der Waals surface area contributed by atoms with Crippen molar-refractivity contribution >= 4 is 11.8 Å². The lowest BCUT2D eigenvalue weighted by Gasteiger charge is -2.45. The van der Waals surface area contributed by atoms with Gasteiger partial charge in [-0.25, -0.2) is 0 Å². The van der Waals surface area contributed by atoms with Gasteiger partial charge in [-0.2, -0.15) is 0 Å². The molecule has 2 fully saturated rings. The molecule has 1 aromatic rings. The largest absolute Gasteiger partial charge is 0.343 e. The number of hydrogen-bond acceptors (Lipinski definition) is 3. The van der Waals surface area contributed by atoms with E-state index in [4.69, 9.17) is 0 Å². The highest BCUT2D eigenvalue weighted by Gasteiger charge is 2.45. The average Bonchev–Trinajstić information content (AvgIpc) is 2.68. The van der Waals surface area contributed by atoms with Crippen LogP contribution >= 0.6 is 0 Å². The van der Waals surface area contributed by atoms with Gasteiger partial charge in [0.05, 0.1) is 5.41 Å². The summed E-state index contributed by atoms with van der Waals surface area (Å²) in [6.07, 6.45) is 1.42. The second-order valence-electron chi connectivity index (χ2n) is 8.44. The van der Waals surface area contributed by atoms with E-state index in [0.717, 1.165) is 38.3 Å². The molecule has 0 aliphatic carbocycles. The van der Waals surface area contributed by atoms with Crippen molar-refractivity contribution in [2.75, 3.05) is 45.8 Å². The maximum absolute atomic E-state index is 13.7. The average molecular weight is 372 g/mol. The van der Waals surface area contributed by atoms with Crippen molar-refractivity contribution in [1.29, 1.82) is 0 Å². The molecule has 3 rings (SSSR count). The van der Waals surface area contributed by atoms with Crippen LogP contribution in [0.3, 0.4) is 0 Å². The summed E-state index contributed by atoms with van der Waals surface area (Å²) in [6.45, 7) is 12.0. The van der Waals surface area contributed by atoms with Gasteiger partial charge in [-0.1, -0.05) is 44.2 Å². The van der Waals surface area contributed by atoms with E-state index in [2.05, 4.69) is 35.8 Å². The van der Waals surface area contributed by atoms with Crippen LogP contribution in [0.2, 0.25) is 0 Å². The van der Waals surface area contributed by atoms with E-state index >= 15 is 0 Å². The summed E-state index contributed by atoms with van der Waals surface area (Å²) in [5.41, 5.74) is 0.607. The van der Waals surface area contributed by atoms with Gasteiger partial charge in [0, 0.05) is 52.7 Å². The Morgan fingerprint density at radius 3 is 2.04 bits per heavy atom. The molecule has 0 bridgehead atoms. The Hall–Kier alpha value is -1.88. The van der Waals surface area contributed by atoms with Crippen LogP contribution in [0.5, 0.6) is 0 Å². The lowest BCUT2D eigenvalue weighted by atomic mass is 9.71. The van der Waals surface area contributed by atoms with E-state index < -0.39 is 5.41 Å². The lowest BCUT2D eigenvalue weighted by Crippen LogP contribution is -2.58. The summed E-state index contributed by atoms with van der Waals surface area (Å²) >= 11 is 0. The SMILES string of the molecule is CC(=O)N1CCC(C(=O)N2CCN(CC(C)C)CC2)(c2ccccc2)CC1. The minimum Gasteiger partial charge on any atom is -0.343 e. The number of nitrogens with zero attached hydrogens (tertiary/aromatic N) is 3. The standard InChI is InChI=1S/C22H33N3O2/c1-18(2)17-23-13-15-25(16-14-23)21(27)22(20-7-5-4-6-8-20)9-11-24(12-10-22)19(3)26/h4-8,18H,9-17H2,1-3H3. The molecule has 148 valence electrons. The van der Waals surface area contributed by atoms with Crippen LogP contribution in [0, 0.1) is 5.92 Å². The topological polar surface area (TPSA) is 43.9 Å². The van der Waals surface area contributed by atoms with Gasteiger partial charge in [-0.05, 0) is 24.3 Å². The van der Waals surface area contributed by atoms with Crippen molar-refractivity contribution in [3.8, 4) is 0 Å². The zero-order valence-electron chi connectivity index (χ0n) is 17.0. The van der Waals surface area contributed by atoms with Crippen molar-refractivity contribution in [3.05, 3.63) is 35.9 Å². The van der Waals surface area contributed by atoms with Crippen molar-refractivity contribution < 1.29 is 9.59 Å². The highest BCUT2D eigenvalue weighted by atomic mass is 16.2. The number of piperazine rings is 1. The lowest BCUT2D eigenvalue weighted by molar-refractivity contribution is -0.144. The molecule has 0 spiro atoms. The third-order valence-electron chi connectivity index (χ3n) is 6.08. The summed E-state index contributed by atoms with van der Waals surface area (Å²) in [6, 6.07) is 10.2. The van der Waals surface area contributed by atoms with E-state index in [9.17, 15) is 9.59 Å². The van der Waals surface area contributed by atoms with Crippen LogP contribution in [0.4, 0.5) is 0 Å². The summed E-state index contributed by atoms with van der Waals surface area (Å²) in [7, 11) is 0. The predicted octanol–water partition coefficient (Wildman–Crippen LogP) is 2.37. The first-order valence-electron chi connectivity index (χ1n) is 10.2. The van der Waals surface area contributed by atoms with E-state index in [0.29, 0.717) is 31.8 Å². The quantitative estimate of drug-likeness (QED) is 0.816. The molecule has 27 heavy (non-hydrogen) atoms. The van der Waals surface area contributed by atoms with Crippen molar-refractivity contribution in [2.45, 2.75) is 39.0 Å². The maximum Gasteiger partial charge on any atom is 0.233 e. The zero-order chi connectivity index (χ0) is 19.4. The fourth-order valence-corrected chi connectivity index (χ4v) is 4.54. The Morgan fingerprint density at radius 2 is 1.52 bits per heavy atom. The zero-order valence-corrected chi connectivity index (χ0v) is 17.0. The molecule has 2 aliphatic heterocycles. The van der Waals surface area contributed by atoms with Gasteiger partial charge in [0.15, 0.2) is 0 Å². The van der Waals surface area contributed by atoms with Crippen molar-refractivity contribution in [3.63, 3.8) is 0 Å². The molecule has 0 saturated carbocycles. The third-order valence-corrected chi connectivity index (χ3v) is 6.08. The first-order chi connectivity index (χ1) is 12.9. The van der Waals surface area contributed by atoms with Crippen molar-refractivity contribution in [2.24, 2.45) is 5.92 Å². The molecular weight excluding hydrogens is 338 g/mol.